The highest BCUT2D eigenvalue weighted by molar-refractivity contribution is 7.89. The Labute approximate surface area is 121 Å². The van der Waals surface area contributed by atoms with Gasteiger partial charge in [-0.2, -0.15) is 0 Å². The van der Waals surface area contributed by atoms with Crippen LogP contribution in [-0.2, 0) is 10.0 Å². The Morgan fingerprint density at radius 2 is 1.80 bits per heavy atom. The lowest BCUT2D eigenvalue weighted by atomic mass is 9.98. The van der Waals surface area contributed by atoms with Crippen molar-refractivity contribution in [1.29, 1.82) is 0 Å². The molecular weight excluding hydrogens is 276 g/mol. The molecule has 1 aromatic carbocycles. The molecule has 0 atom stereocenters. The second kappa shape index (κ2) is 6.11. The molecule has 1 aromatic rings. The van der Waals surface area contributed by atoms with E-state index in [4.69, 9.17) is 5.73 Å². The molecule has 0 saturated carbocycles. The summed E-state index contributed by atoms with van der Waals surface area (Å²) in [5, 5.41) is 10.2. The largest absolute Gasteiger partial charge is 0.398 e. The minimum atomic E-state index is -3.68. The maximum Gasteiger partial charge on any atom is 0.241 e. The number of rotatable bonds is 6. The summed E-state index contributed by atoms with van der Waals surface area (Å²) in [6, 6.07) is 3.33. The van der Waals surface area contributed by atoms with Gasteiger partial charge in [-0.3, -0.25) is 0 Å². The Kier molecular flexibility index (Phi) is 5.18. The quantitative estimate of drug-likeness (QED) is 0.697. The average Bonchev–Trinajstić information content (AvgIpc) is 2.40. The molecule has 0 radical (unpaired) electrons. The summed E-state index contributed by atoms with van der Waals surface area (Å²) in [7, 11) is -3.68. The summed E-state index contributed by atoms with van der Waals surface area (Å²) in [5.41, 5.74) is 6.56. The third-order valence-corrected chi connectivity index (χ3v) is 5.27. The standard InChI is InChI=1S/C14H24N2O3S/c1-5-14(17,6-2)9-16-20(18,19)13-8-10(3)7-12(15)11(13)4/h7-8,16-17H,5-6,9,15H2,1-4H3. The number of nitrogen functional groups attached to an aromatic ring is 1. The highest BCUT2D eigenvalue weighted by atomic mass is 32.2. The molecule has 0 aliphatic heterocycles. The van der Waals surface area contributed by atoms with Crippen molar-refractivity contribution < 1.29 is 13.5 Å². The van der Waals surface area contributed by atoms with E-state index >= 15 is 0 Å². The fourth-order valence-electron chi connectivity index (χ4n) is 1.94. The van der Waals surface area contributed by atoms with Crippen LogP contribution in [0.1, 0.15) is 37.8 Å². The van der Waals surface area contributed by atoms with Crippen molar-refractivity contribution in [3.63, 3.8) is 0 Å². The molecule has 5 nitrogen and oxygen atoms in total. The highest BCUT2D eigenvalue weighted by Gasteiger charge is 2.26. The van der Waals surface area contributed by atoms with E-state index in [2.05, 4.69) is 4.72 Å². The monoisotopic (exact) mass is 300 g/mol. The van der Waals surface area contributed by atoms with Gasteiger partial charge in [-0.15, -0.1) is 0 Å². The van der Waals surface area contributed by atoms with E-state index in [-0.39, 0.29) is 11.4 Å². The summed E-state index contributed by atoms with van der Waals surface area (Å²) in [5.74, 6) is 0. The first-order valence-electron chi connectivity index (χ1n) is 6.74. The zero-order valence-electron chi connectivity index (χ0n) is 12.5. The molecule has 0 spiro atoms. The molecule has 0 heterocycles. The fourth-order valence-corrected chi connectivity index (χ4v) is 3.41. The number of aryl methyl sites for hydroxylation is 1. The molecular formula is C14H24N2O3S. The number of nitrogens with two attached hydrogens (primary N) is 1. The van der Waals surface area contributed by atoms with Crippen molar-refractivity contribution in [1.82, 2.24) is 4.72 Å². The van der Waals surface area contributed by atoms with Crippen LogP contribution in [0.3, 0.4) is 0 Å². The predicted molar refractivity (Wildman–Crippen MR) is 81.0 cm³/mol. The van der Waals surface area contributed by atoms with Gasteiger partial charge in [0.2, 0.25) is 10.0 Å². The Morgan fingerprint density at radius 1 is 1.25 bits per heavy atom. The van der Waals surface area contributed by atoms with E-state index in [1.807, 2.05) is 13.8 Å². The molecule has 0 aliphatic carbocycles. The molecule has 20 heavy (non-hydrogen) atoms. The maximum atomic E-state index is 12.4. The zero-order chi connectivity index (χ0) is 15.6. The molecule has 6 heteroatoms. The number of benzene rings is 1. The van der Waals surface area contributed by atoms with Gasteiger partial charge in [0.05, 0.1) is 10.5 Å². The number of anilines is 1. The molecule has 0 aliphatic rings. The van der Waals surface area contributed by atoms with Crippen LogP contribution in [0.2, 0.25) is 0 Å². The predicted octanol–water partition coefficient (Wildman–Crippen LogP) is 1.72. The maximum absolute atomic E-state index is 12.4. The van der Waals surface area contributed by atoms with Crippen LogP contribution in [0.15, 0.2) is 17.0 Å². The number of hydrogen-bond acceptors (Lipinski definition) is 4. The van der Waals surface area contributed by atoms with Crippen molar-refractivity contribution in [3.8, 4) is 0 Å². The van der Waals surface area contributed by atoms with Crippen molar-refractivity contribution in [2.45, 2.75) is 51.0 Å². The molecule has 0 fully saturated rings. The first kappa shape index (κ1) is 16.9. The Morgan fingerprint density at radius 3 is 2.30 bits per heavy atom. The molecule has 0 aromatic heterocycles. The highest BCUT2D eigenvalue weighted by Crippen LogP contribution is 2.23. The van der Waals surface area contributed by atoms with Crippen LogP contribution in [0, 0.1) is 13.8 Å². The van der Waals surface area contributed by atoms with Crippen molar-refractivity contribution in [2.75, 3.05) is 12.3 Å². The second-order valence-corrected chi connectivity index (χ2v) is 6.97. The van der Waals surface area contributed by atoms with E-state index < -0.39 is 15.6 Å². The van der Waals surface area contributed by atoms with E-state index in [1.165, 1.54) is 0 Å². The van der Waals surface area contributed by atoms with Gasteiger partial charge in [-0.1, -0.05) is 13.8 Å². The third kappa shape index (κ3) is 3.71. The van der Waals surface area contributed by atoms with E-state index in [1.54, 1.807) is 26.0 Å². The van der Waals surface area contributed by atoms with Crippen LogP contribution in [-0.4, -0.2) is 25.7 Å². The molecule has 0 bridgehead atoms. The van der Waals surface area contributed by atoms with Crippen molar-refractivity contribution >= 4 is 15.7 Å². The lowest BCUT2D eigenvalue weighted by Gasteiger charge is -2.25. The van der Waals surface area contributed by atoms with E-state index in [0.29, 0.717) is 24.1 Å². The van der Waals surface area contributed by atoms with Gasteiger partial charge in [0.1, 0.15) is 0 Å². The summed E-state index contributed by atoms with van der Waals surface area (Å²) < 4.78 is 27.2. The van der Waals surface area contributed by atoms with Gasteiger partial charge in [-0.05, 0) is 49.9 Å². The zero-order valence-corrected chi connectivity index (χ0v) is 13.3. The lowest BCUT2D eigenvalue weighted by Crippen LogP contribution is -2.42. The lowest BCUT2D eigenvalue weighted by molar-refractivity contribution is 0.0377. The number of nitrogens with one attached hydrogen (secondary N) is 1. The van der Waals surface area contributed by atoms with E-state index in [0.717, 1.165) is 5.56 Å². The van der Waals surface area contributed by atoms with Crippen molar-refractivity contribution in [3.05, 3.63) is 23.3 Å². The molecule has 0 saturated heterocycles. The van der Waals surface area contributed by atoms with Gasteiger partial charge in [0.25, 0.3) is 0 Å². The minimum Gasteiger partial charge on any atom is -0.398 e. The summed E-state index contributed by atoms with van der Waals surface area (Å²) in [6.07, 6.45) is 0.974. The topological polar surface area (TPSA) is 92.4 Å². The summed E-state index contributed by atoms with van der Waals surface area (Å²) >= 11 is 0. The summed E-state index contributed by atoms with van der Waals surface area (Å²) in [4.78, 5) is 0.171. The number of aliphatic hydroxyl groups is 1. The van der Waals surface area contributed by atoms with Crippen LogP contribution in [0.5, 0.6) is 0 Å². The van der Waals surface area contributed by atoms with Crippen LogP contribution >= 0.6 is 0 Å². The van der Waals surface area contributed by atoms with Crippen LogP contribution in [0.25, 0.3) is 0 Å². The van der Waals surface area contributed by atoms with Crippen molar-refractivity contribution in [2.24, 2.45) is 0 Å². The van der Waals surface area contributed by atoms with Gasteiger partial charge >= 0.3 is 0 Å². The first-order chi connectivity index (χ1) is 9.15. The smallest absolute Gasteiger partial charge is 0.241 e. The normalized spacial score (nSPS) is 12.7. The Hall–Kier alpha value is -1.11. The molecule has 4 N–H and O–H groups in total. The Bertz CT molecular complexity index is 578. The molecule has 114 valence electrons. The second-order valence-electron chi connectivity index (χ2n) is 5.23. The van der Waals surface area contributed by atoms with Gasteiger partial charge in [0.15, 0.2) is 0 Å². The van der Waals surface area contributed by atoms with Crippen LogP contribution in [0.4, 0.5) is 5.69 Å². The number of hydrogen-bond donors (Lipinski definition) is 3. The fraction of sp³-hybridized carbons (Fsp3) is 0.571. The minimum absolute atomic E-state index is 0.00435. The van der Waals surface area contributed by atoms with Gasteiger partial charge < -0.3 is 10.8 Å². The Balaban J connectivity index is 3.07. The summed E-state index contributed by atoms with van der Waals surface area (Å²) in [6.45, 7) is 7.12. The van der Waals surface area contributed by atoms with Crippen LogP contribution < -0.4 is 10.5 Å². The molecule has 0 amide bonds. The van der Waals surface area contributed by atoms with Gasteiger partial charge in [-0.25, -0.2) is 13.1 Å². The van der Waals surface area contributed by atoms with Gasteiger partial charge in [0, 0.05) is 12.2 Å². The average molecular weight is 300 g/mol. The molecule has 1 rings (SSSR count). The van der Waals surface area contributed by atoms with E-state index in [9.17, 15) is 13.5 Å². The SMILES string of the molecule is CCC(O)(CC)CNS(=O)(=O)c1cc(C)cc(N)c1C. The molecule has 0 unspecified atom stereocenters. The number of sulfonamides is 1. The third-order valence-electron chi connectivity index (χ3n) is 3.74. The first-order valence-corrected chi connectivity index (χ1v) is 8.22.